The lowest BCUT2D eigenvalue weighted by Gasteiger charge is -2.15. The van der Waals surface area contributed by atoms with Gasteiger partial charge in [-0.3, -0.25) is 0 Å². The van der Waals surface area contributed by atoms with Crippen molar-refractivity contribution in [3.63, 3.8) is 0 Å². The van der Waals surface area contributed by atoms with E-state index in [1.165, 1.54) is 35.1 Å². The maximum atomic E-state index is 4.31. The minimum absolute atomic E-state index is 0.977. The molecule has 2 rings (SSSR count). The number of imidazole rings is 1. The number of hydrogen-bond acceptors (Lipinski definition) is 1. The fourth-order valence-electron chi connectivity index (χ4n) is 2.62. The number of benzene rings is 1. The van der Waals surface area contributed by atoms with Crippen molar-refractivity contribution in [3.05, 3.63) is 40.8 Å². The molecule has 0 unspecified atom stereocenters. The average molecular weight is 347 g/mol. The third-order valence-corrected chi connectivity index (χ3v) is 3.51. The van der Waals surface area contributed by atoms with Crippen molar-refractivity contribution >= 4 is 0 Å². The van der Waals surface area contributed by atoms with Crippen LogP contribution in [-0.4, -0.2) is 9.97 Å². The molecule has 0 aliphatic rings. The Morgan fingerprint density at radius 3 is 1.84 bits per heavy atom. The lowest BCUT2D eigenvalue weighted by molar-refractivity contribution is 0.890. The molecule has 0 saturated heterocycles. The van der Waals surface area contributed by atoms with E-state index in [0.29, 0.717) is 0 Å². The van der Waals surface area contributed by atoms with Gasteiger partial charge in [-0.1, -0.05) is 80.4 Å². The molecule has 0 radical (unpaired) electrons. The molecule has 2 aromatic rings. The normalized spacial score (nSPS) is 9.04. The van der Waals surface area contributed by atoms with E-state index in [2.05, 4.69) is 56.7 Å². The highest BCUT2D eigenvalue weighted by Gasteiger charge is 2.12. The molecule has 0 saturated carbocycles. The summed E-state index contributed by atoms with van der Waals surface area (Å²) in [7, 11) is 0. The number of aromatic nitrogens is 2. The van der Waals surface area contributed by atoms with Crippen molar-refractivity contribution < 1.29 is 0 Å². The number of aromatic amines is 1. The van der Waals surface area contributed by atoms with E-state index in [4.69, 9.17) is 0 Å². The molecule has 1 aromatic carbocycles. The van der Waals surface area contributed by atoms with Gasteiger partial charge in [-0.15, -0.1) is 0 Å². The number of aryl methyl sites for hydroxylation is 2. The van der Waals surface area contributed by atoms with Gasteiger partial charge in [0.05, 0.1) is 11.9 Å². The summed E-state index contributed by atoms with van der Waals surface area (Å²) in [6.07, 6.45) is 6.62. The largest absolute Gasteiger partial charge is 0.342 e. The van der Waals surface area contributed by atoms with Gasteiger partial charge in [0, 0.05) is 5.56 Å². The Balaban J connectivity index is 0. The smallest absolute Gasteiger partial charge is 0.103 e. The van der Waals surface area contributed by atoms with E-state index in [-0.39, 0.29) is 0 Å². The summed E-state index contributed by atoms with van der Waals surface area (Å²) in [5.74, 6) is 0.977. The Hall–Kier alpha value is -1.57. The Morgan fingerprint density at radius 1 is 0.880 bits per heavy atom. The molecule has 25 heavy (non-hydrogen) atoms. The standard InChI is InChI=1S/C16H22N2.C3H8.2C2H6/c1-5-7-14-11(3)8-9-15(13(14)6-2)16-10-17-12(4)18-16;1-3-2;2*1-2/h8-10H,5-7H2,1-4H3,(H,17,18);3H2,1-2H3;2*1-2H3. The van der Waals surface area contributed by atoms with Crippen molar-refractivity contribution in [2.75, 3.05) is 0 Å². The van der Waals surface area contributed by atoms with E-state index in [1.54, 1.807) is 0 Å². The van der Waals surface area contributed by atoms with Gasteiger partial charge in [0.1, 0.15) is 5.82 Å². The summed E-state index contributed by atoms with van der Waals surface area (Å²) in [6.45, 7) is 20.9. The van der Waals surface area contributed by atoms with Crippen LogP contribution < -0.4 is 0 Å². The molecule has 0 atom stereocenters. The van der Waals surface area contributed by atoms with Crippen molar-refractivity contribution in [1.29, 1.82) is 0 Å². The highest BCUT2D eigenvalue weighted by Crippen LogP contribution is 2.28. The number of nitrogens with zero attached hydrogens (tertiary/aromatic N) is 1. The number of H-pyrrole nitrogens is 1. The van der Waals surface area contributed by atoms with Gasteiger partial charge in [-0.25, -0.2) is 4.98 Å². The molecule has 1 heterocycles. The van der Waals surface area contributed by atoms with Gasteiger partial charge < -0.3 is 4.98 Å². The zero-order chi connectivity index (χ0) is 19.8. The predicted molar refractivity (Wildman–Crippen MR) is 116 cm³/mol. The molecule has 0 aliphatic heterocycles. The monoisotopic (exact) mass is 346 g/mol. The third kappa shape index (κ3) is 8.38. The third-order valence-electron chi connectivity index (χ3n) is 3.51. The summed E-state index contributed by atoms with van der Waals surface area (Å²) in [5, 5.41) is 0. The lowest BCUT2D eigenvalue weighted by atomic mass is 9.91. The van der Waals surface area contributed by atoms with Crippen LogP contribution in [0, 0.1) is 13.8 Å². The Bertz CT molecular complexity index is 553. The van der Waals surface area contributed by atoms with Crippen LogP contribution in [-0.2, 0) is 12.8 Å². The first kappa shape index (κ1) is 25.7. The van der Waals surface area contributed by atoms with Crippen LogP contribution in [0.25, 0.3) is 11.3 Å². The molecular weight excluding hydrogens is 304 g/mol. The van der Waals surface area contributed by atoms with E-state index in [1.807, 2.05) is 40.8 Å². The van der Waals surface area contributed by atoms with Crippen LogP contribution in [0.5, 0.6) is 0 Å². The topological polar surface area (TPSA) is 28.7 Å². The van der Waals surface area contributed by atoms with Gasteiger partial charge in [-0.05, 0) is 43.4 Å². The second-order valence-corrected chi connectivity index (χ2v) is 5.58. The minimum Gasteiger partial charge on any atom is -0.342 e. The summed E-state index contributed by atoms with van der Waals surface area (Å²) < 4.78 is 0. The first-order chi connectivity index (χ1) is 12.1. The highest BCUT2D eigenvalue weighted by molar-refractivity contribution is 5.66. The first-order valence-corrected chi connectivity index (χ1v) is 10.2. The second kappa shape index (κ2) is 15.9. The molecule has 1 N–H and O–H groups in total. The summed E-state index contributed by atoms with van der Waals surface area (Å²) in [4.78, 5) is 7.66. The molecule has 0 spiro atoms. The summed E-state index contributed by atoms with van der Waals surface area (Å²) >= 11 is 0. The van der Waals surface area contributed by atoms with Gasteiger partial charge in [-0.2, -0.15) is 0 Å². The fraction of sp³-hybridized carbons (Fsp3) is 0.609. The zero-order valence-corrected chi connectivity index (χ0v) is 18.5. The average Bonchev–Trinajstić information content (AvgIpc) is 3.07. The van der Waals surface area contributed by atoms with E-state index < -0.39 is 0 Å². The molecule has 2 heteroatoms. The maximum Gasteiger partial charge on any atom is 0.103 e. The Morgan fingerprint density at radius 2 is 1.44 bits per heavy atom. The molecule has 144 valence electrons. The van der Waals surface area contributed by atoms with Crippen molar-refractivity contribution in [1.82, 2.24) is 9.97 Å². The maximum absolute atomic E-state index is 4.31. The number of rotatable bonds is 4. The molecule has 2 nitrogen and oxygen atoms in total. The quantitative estimate of drug-likeness (QED) is 0.604. The molecule has 0 fully saturated rings. The Labute approximate surface area is 157 Å². The van der Waals surface area contributed by atoms with Crippen LogP contribution in [0.4, 0.5) is 0 Å². The van der Waals surface area contributed by atoms with Crippen LogP contribution >= 0.6 is 0 Å². The zero-order valence-electron chi connectivity index (χ0n) is 18.5. The minimum atomic E-state index is 0.977. The van der Waals surface area contributed by atoms with E-state index in [9.17, 15) is 0 Å². The molecule has 0 bridgehead atoms. The number of nitrogens with one attached hydrogen (secondary N) is 1. The van der Waals surface area contributed by atoms with Crippen LogP contribution in [0.1, 0.15) is 90.7 Å². The molecular formula is C23H42N2. The van der Waals surface area contributed by atoms with Gasteiger partial charge in [0.15, 0.2) is 0 Å². The summed E-state index contributed by atoms with van der Waals surface area (Å²) in [5.41, 5.74) is 6.85. The van der Waals surface area contributed by atoms with Gasteiger partial charge in [0.25, 0.3) is 0 Å². The van der Waals surface area contributed by atoms with Crippen LogP contribution in [0.3, 0.4) is 0 Å². The van der Waals surface area contributed by atoms with Crippen LogP contribution in [0.15, 0.2) is 18.3 Å². The summed E-state index contributed by atoms with van der Waals surface area (Å²) in [6, 6.07) is 4.45. The van der Waals surface area contributed by atoms with Crippen molar-refractivity contribution in [3.8, 4) is 11.3 Å². The Kier molecular flexibility index (Phi) is 16.4. The second-order valence-electron chi connectivity index (χ2n) is 5.58. The van der Waals surface area contributed by atoms with E-state index >= 15 is 0 Å². The highest BCUT2D eigenvalue weighted by atomic mass is 14.9. The predicted octanol–water partition coefficient (Wildman–Crippen LogP) is 7.68. The van der Waals surface area contributed by atoms with Gasteiger partial charge in [0.2, 0.25) is 0 Å². The SMILES string of the molecule is CC.CC.CCC.CCCc1c(C)ccc(-c2cnc(C)[nH]2)c1CC. The molecule has 0 aliphatic carbocycles. The lowest BCUT2D eigenvalue weighted by Crippen LogP contribution is -1.99. The fourth-order valence-corrected chi connectivity index (χ4v) is 2.62. The first-order valence-electron chi connectivity index (χ1n) is 10.2. The number of hydrogen-bond donors (Lipinski definition) is 1. The van der Waals surface area contributed by atoms with Crippen molar-refractivity contribution in [2.45, 2.75) is 94.9 Å². The van der Waals surface area contributed by atoms with E-state index in [0.717, 1.165) is 24.4 Å². The van der Waals surface area contributed by atoms with Gasteiger partial charge >= 0.3 is 0 Å². The molecule has 0 amide bonds. The van der Waals surface area contributed by atoms with Crippen molar-refractivity contribution in [2.24, 2.45) is 0 Å². The molecule has 1 aromatic heterocycles. The van der Waals surface area contributed by atoms with Crippen LogP contribution in [0.2, 0.25) is 0 Å².